The zero-order chi connectivity index (χ0) is 16.3. The van der Waals surface area contributed by atoms with Gasteiger partial charge >= 0.3 is 0 Å². The molecule has 6 nitrogen and oxygen atoms in total. The number of hydrogen-bond donors (Lipinski definition) is 0. The molecular formula is C15H22N2O4S. The summed E-state index contributed by atoms with van der Waals surface area (Å²) in [5.74, 6) is 0.184. The molecule has 22 heavy (non-hydrogen) atoms. The highest BCUT2D eigenvalue weighted by Gasteiger charge is 2.34. The second-order valence-corrected chi connectivity index (χ2v) is 8.39. The Bertz CT molecular complexity index is 693. The van der Waals surface area contributed by atoms with E-state index in [1.54, 1.807) is 23.2 Å². The third-order valence-electron chi connectivity index (χ3n) is 3.74. The van der Waals surface area contributed by atoms with E-state index in [2.05, 4.69) is 0 Å². The van der Waals surface area contributed by atoms with Crippen molar-refractivity contribution in [2.45, 2.75) is 32.9 Å². The van der Waals surface area contributed by atoms with E-state index in [1.165, 1.54) is 10.6 Å². The van der Waals surface area contributed by atoms with Gasteiger partial charge in [-0.1, -0.05) is 19.9 Å². The average molecular weight is 326 g/mol. The Hall–Kier alpha value is -1.63. The summed E-state index contributed by atoms with van der Waals surface area (Å²) in [6, 6.07) is 4.44. The third-order valence-corrected chi connectivity index (χ3v) is 5.49. The van der Waals surface area contributed by atoms with Crippen molar-refractivity contribution in [3.05, 3.63) is 34.7 Å². The molecule has 1 aromatic heterocycles. The average Bonchev–Trinajstić information content (AvgIpc) is 2.78. The fraction of sp³-hybridized carbons (Fsp3) is 0.600. The molecule has 0 saturated carbocycles. The lowest BCUT2D eigenvalue weighted by Gasteiger charge is -2.30. The number of sulfone groups is 1. The Labute approximate surface area is 130 Å². The highest BCUT2D eigenvalue weighted by molar-refractivity contribution is 7.91. The van der Waals surface area contributed by atoms with Gasteiger partial charge in [-0.15, -0.1) is 0 Å². The maximum absolute atomic E-state index is 12.6. The van der Waals surface area contributed by atoms with E-state index in [9.17, 15) is 18.0 Å². The Morgan fingerprint density at radius 3 is 2.68 bits per heavy atom. The molecule has 1 fully saturated rings. The first-order valence-electron chi connectivity index (χ1n) is 7.44. The van der Waals surface area contributed by atoms with Crippen molar-refractivity contribution in [3.8, 4) is 0 Å². The molecule has 0 N–H and O–H groups in total. The van der Waals surface area contributed by atoms with Crippen LogP contribution in [0.1, 0.15) is 20.3 Å². The van der Waals surface area contributed by atoms with Gasteiger partial charge < -0.3 is 9.47 Å². The van der Waals surface area contributed by atoms with E-state index in [4.69, 9.17) is 0 Å². The van der Waals surface area contributed by atoms with Crippen LogP contribution in [0.5, 0.6) is 0 Å². The van der Waals surface area contributed by atoms with Gasteiger partial charge in [-0.2, -0.15) is 0 Å². The van der Waals surface area contributed by atoms with Crippen LogP contribution in [0.15, 0.2) is 29.2 Å². The minimum Gasteiger partial charge on any atom is -0.337 e. The van der Waals surface area contributed by atoms with Crippen LogP contribution >= 0.6 is 0 Å². The van der Waals surface area contributed by atoms with Crippen LogP contribution in [-0.4, -0.2) is 47.9 Å². The summed E-state index contributed by atoms with van der Waals surface area (Å²) in [5.41, 5.74) is -0.237. The van der Waals surface area contributed by atoms with E-state index in [0.717, 1.165) is 0 Å². The van der Waals surface area contributed by atoms with Gasteiger partial charge in [0.2, 0.25) is 5.91 Å². The minimum atomic E-state index is -3.05. The lowest BCUT2D eigenvalue weighted by Crippen LogP contribution is -2.45. The van der Waals surface area contributed by atoms with Gasteiger partial charge in [0.15, 0.2) is 9.84 Å². The number of amides is 1. The number of aromatic nitrogens is 1. The first-order chi connectivity index (χ1) is 10.3. The van der Waals surface area contributed by atoms with Crippen molar-refractivity contribution in [3.63, 3.8) is 0 Å². The second kappa shape index (κ2) is 6.64. The summed E-state index contributed by atoms with van der Waals surface area (Å²) in [5, 5.41) is 0. The Morgan fingerprint density at radius 1 is 1.41 bits per heavy atom. The van der Waals surface area contributed by atoms with Crippen molar-refractivity contribution in [2.24, 2.45) is 5.92 Å². The van der Waals surface area contributed by atoms with Crippen molar-refractivity contribution in [1.29, 1.82) is 0 Å². The number of rotatable bonds is 5. The van der Waals surface area contributed by atoms with Crippen LogP contribution < -0.4 is 5.56 Å². The molecule has 1 saturated heterocycles. The quantitative estimate of drug-likeness (QED) is 0.790. The highest BCUT2D eigenvalue weighted by Crippen LogP contribution is 2.19. The van der Waals surface area contributed by atoms with E-state index >= 15 is 0 Å². The summed E-state index contributed by atoms with van der Waals surface area (Å²) in [4.78, 5) is 25.9. The molecule has 1 amide bonds. The molecule has 0 aromatic carbocycles. The first kappa shape index (κ1) is 16.7. The monoisotopic (exact) mass is 326 g/mol. The van der Waals surface area contributed by atoms with Crippen molar-refractivity contribution in [2.75, 3.05) is 18.1 Å². The van der Waals surface area contributed by atoms with E-state index in [0.29, 0.717) is 13.0 Å². The molecule has 0 bridgehead atoms. The Morgan fingerprint density at radius 2 is 2.14 bits per heavy atom. The summed E-state index contributed by atoms with van der Waals surface area (Å²) in [6.45, 7) is 4.42. The van der Waals surface area contributed by atoms with Gasteiger partial charge in [-0.3, -0.25) is 9.59 Å². The predicted octanol–water partition coefficient (Wildman–Crippen LogP) is 0.520. The minimum absolute atomic E-state index is 0.0230. The maximum Gasteiger partial charge on any atom is 0.250 e. The fourth-order valence-corrected chi connectivity index (χ4v) is 4.43. The maximum atomic E-state index is 12.6. The van der Waals surface area contributed by atoms with E-state index in [1.807, 2.05) is 13.8 Å². The summed E-state index contributed by atoms with van der Waals surface area (Å²) >= 11 is 0. The van der Waals surface area contributed by atoms with Gasteiger partial charge in [0, 0.05) is 24.8 Å². The number of carbonyl (C=O) groups is 1. The van der Waals surface area contributed by atoms with E-state index < -0.39 is 9.84 Å². The largest absolute Gasteiger partial charge is 0.337 e. The topological polar surface area (TPSA) is 76.5 Å². The van der Waals surface area contributed by atoms with Crippen LogP contribution in [0.25, 0.3) is 0 Å². The van der Waals surface area contributed by atoms with Crippen LogP contribution in [0.2, 0.25) is 0 Å². The Balaban J connectivity index is 2.17. The molecule has 1 aromatic rings. The van der Waals surface area contributed by atoms with Crippen molar-refractivity contribution >= 4 is 15.7 Å². The van der Waals surface area contributed by atoms with Crippen LogP contribution in [-0.2, 0) is 21.2 Å². The molecule has 1 aliphatic heterocycles. The summed E-state index contributed by atoms with van der Waals surface area (Å²) in [7, 11) is -3.05. The predicted molar refractivity (Wildman–Crippen MR) is 84.3 cm³/mol. The molecule has 1 aliphatic rings. The fourth-order valence-electron chi connectivity index (χ4n) is 2.70. The summed E-state index contributed by atoms with van der Waals surface area (Å²) in [6.07, 6.45) is 2.05. The lowest BCUT2D eigenvalue weighted by atomic mass is 10.1. The van der Waals surface area contributed by atoms with Crippen LogP contribution in [0.3, 0.4) is 0 Å². The van der Waals surface area contributed by atoms with Gasteiger partial charge in [-0.05, 0) is 18.4 Å². The van der Waals surface area contributed by atoms with Crippen LogP contribution in [0, 0.1) is 5.92 Å². The molecule has 2 heterocycles. The SMILES string of the molecule is CC(C)CN(C(=O)Cn1ccccc1=O)[C@@H]1CCS(=O)(=O)C1. The van der Waals surface area contributed by atoms with Gasteiger partial charge in [0.25, 0.3) is 5.56 Å². The third kappa shape index (κ3) is 4.19. The molecule has 2 rings (SSSR count). The van der Waals surface area contributed by atoms with Gasteiger partial charge in [-0.25, -0.2) is 8.42 Å². The zero-order valence-electron chi connectivity index (χ0n) is 12.9. The molecule has 1 atom stereocenters. The summed E-state index contributed by atoms with van der Waals surface area (Å²) < 4.78 is 24.7. The molecule has 0 spiro atoms. The number of nitrogens with zero attached hydrogens (tertiary/aromatic N) is 2. The molecule has 122 valence electrons. The van der Waals surface area contributed by atoms with Crippen LogP contribution in [0.4, 0.5) is 0 Å². The molecule has 7 heteroatoms. The molecule has 0 unspecified atom stereocenters. The van der Waals surface area contributed by atoms with Gasteiger partial charge in [0.1, 0.15) is 6.54 Å². The number of carbonyl (C=O) groups excluding carboxylic acids is 1. The normalized spacial score (nSPS) is 20.2. The molecular weight excluding hydrogens is 304 g/mol. The number of pyridine rings is 1. The highest BCUT2D eigenvalue weighted by atomic mass is 32.2. The smallest absolute Gasteiger partial charge is 0.250 e. The molecule has 0 aliphatic carbocycles. The van der Waals surface area contributed by atoms with E-state index in [-0.39, 0.29) is 41.5 Å². The second-order valence-electron chi connectivity index (χ2n) is 6.16. The first-order valence-corrected chi connectivity index (χ1v) is 9.26. The lowest BCUT2D eigenvalue weighted by molar-refractivity contribution is -0.134. The zero-order valence-corrected chi connectivity index (χ0v) is 13.8. The van der Waals surface area contributed by atoms with Gasteiger partial charge in [0.05, 0.1) is 11.5 Å². The standard InChI is InChI=1S/C15H22N2O4S/c1-12(2)9-17(13-6-8-22(20,21)11-13)15(19)10-16-7-4-3-5-14(16)18/h3-5,7,12-13H,6,8-11H2,1-2H3/t13-/m1/s1. The number of hydrogen-bond acceptors (Lipinski definition) is 4. The van der Waals surface area contributed by atoms with Crippen molar-refractivity contribution < 1.29 is 13.2 Å². The molecule has 0 radical (unpaired) electrons. The Kier molecular flexibility index (Phi) is 5.05. The van der Waals surface area contributed by atoms with Crippen molar-refractivity contribution in [1.82, 2.24) is 9.47 Å².